The first-order valence-corrected chi connectivity index (χ1v) is 5.35. The summed E-state index contributed by atoms with van der Waals surface area (Å²) in [7, 11) is -4.94. The highest BCUT2D eigenvalue weighted by molar-refractivity contribution is 7.89. The molecule has 9 heteroatoms. The summed E-state index contributed by atoms with van der Waals surface area (Å²) in [5.74, 6) is -7.04. The van der Waals surface area contributed by atoms with E-state index in [9.17, 15) is 23.4 Å². The van der Waals surface area contributed by atoms with E-state index < -0.39 is 38.4 Å². The van der Waals surface area contributed by atoms with Crippen LogP contribution >= 0.6 is 0 Å². The molecular formula is C7H9NO7S. The van der Waals surface area contributed by atoms with E-state index in [1.807, 2.05) is 0 Å². The van der Waals surface area contributed by atoms with Crippen molar-refractivity contribution in [1.82, 2.24) is 0 Å². The van der Waals surface area contributed by atoms with Crippen LogP contribution in [0.1, 0.15) is 0 Å². The molecule has 0 heterocycles. The molecule has 1 aliphatic rings. The molecule has 0 fully saturated rings. The predicted molar refractivity (Wildman–Crippen MR) is 50.2 cm³/mol. The fourth-order valence-electron chi connectivity index (χ4n) is 1.34. The van der Waals surface area contributed by atoms with Crippen LogP contribution in [0.25, 0.3) is 0 Å². The zero-order chi connectivity index (χ0) is 12.7. The summed E-state index contributed by atoms with van der Waals surface area (Å²) in [6.45, 7) is 0. The van der Waals surface area contributed by atoms with Gasteiger partial charge in [-0.2, -0.15) is 8.42 Å². The fourth-order valence-corrected chi connectivity index (χ4v) is 2.28. The second-order valence-electron chi connectivity index (χ2n) is 3.18. The quantitative estimate of drug-likeness (QED) is 0.278. The van der Waals surface area contributed by atoms with Crippen molar-refractivity contribution in [3.63, 3.8) is 0 Å². The summed E-state index contributed by atoms with van der Waals surface area (Å²) in [6, 6.07) is 0. The summed E-state index contributed by atoms with van der Waals surface area (Å²) in [5.41, 5.74) is 4.62. The van der Waals surface area contributed by atoms with Crippen LogP contribution in [0.4, 0.5) is 0 Å². The smallest absolute Gasteiger partial charge is 0.317 e. The number of hydrogen-bond acceptors (Lipinski definition) is 6. The molecule has 1 rings (SSSR count). The van der Waals surface area contributed by atoms with Gasteiger partial charge in [0.05, 0.1) is 0 Å². The lowest BCUT2D eigenvalue weighted by atomic mass is 9.92. The second-order valence-corrected chi connectivity index (χ2v) is 4.57. The Morgan fingerprint density at radius 1 is 1.44 bits per heavy atom. The van der Waals surface area contributed by atoms with Gasteiger partial charge in [-0.15, -0.1) is 0 Å². The maximum Gasteiger partial charge on any atom is 0.317 e. The van der Waals surface area contributed by atoms with E-state index >= 15 is 0 Å². The van der Waals surface area contributed by atoms with Gasteiger partial charge in [0.25, 0.3) is 10.1 Å². The van der Waals surface area contributed by atoms with Gasteiger partial charge in [0, 0.05) is 5.70 Å². The van der Waals surface area contributed by atoms with Crippen molar-refractivity contribution in [3.8, 4) is 0 Å². The molecule has 0 spiro atoms. The van der Waals surface area contributed by atoms with Crippen LogP contribution in [0.5, 0.6) is 0 Å². The number of aliphatic hydroxyl groups is 2. The highest BCUT2D eigenvalue weighted by Crippen LogP contribution is 2.33. The van der Waals surface area contributed by atoms with Crippen molar-refractivity contribution in [2.45, 2.75) is 5.79 Å². The normalized spacial score (nSPS) is 24.6. The Labute approximate surface area is 90.1 Å². The summed E-state index contributed by atoms with van der Waals surface area (Å²) >= 11 is 0. The van der Waals surface area contributed by atoms with Gasteiger partial charge in [-0.25, -0.2) is 0 Å². The number of nitrogens with two attached hydrogens (primary N) is 1. The topological polar surface area (TPSA) is 158 Å². The van der Waals surface area contributed by atoms with Crippen molar-refractivity contribution in [1.29, 1.82) is 0 Å². The first-order chi connectivity index (χ1) is 7.07. The van der Waals surface area contributed by atoms with E-state index in [1.165, 1.54) is 0 Å². The third kappa shape index (κ3) is 2.07. The first-order valence-electron chi connectivity index (χ1n) is 3.91. The standard InChI is InChI=1S/C7H9NO7S/c8-3-1-2-7(11,12)4(6(9)10)5(3)16(13,14)15/h1-2,4,11-12H,8H2,(H,9,10)(H,13,14,15). The molecule has 1 unspecified atom stereocenters. The third-order valence-corrected chi connectivity index (χ3v) is 3.03. The molecule has 16 heavy (non-hydrogen) atoms. The van der Waals surface area contributed by atoms with E-state index in [1.54, 1.807) is 0 Å². The Bertz CT molecular complexity index is 487. The minimum atomic E-state index is -4.94. The third-order valence-electron chi connectivity index (χ3n) is 2.00. The van der Waals surface area contributed by atoms with Gasteiger partial charge < -0.3 is 21.1 Å². The van der Waals surface area contributed by atoms with E-state index in [4.69, 9.17) is 15.4 Å². The molecule has 90 valence electrons. The van der Waals surface area contributed by atoms with Crippen molar-refractivity contribution in [3.05, 3.63) is 22.8 Å². The van der Waals surface area contributed by atoms with Crippen molar-refractivity contribution in [2.24, 2.45) is 11.7 Å². The average molecular weight is 251 g/mol. The maximum atomic E-state index is 10.9. The number of carboxylic acid groups (broad SMARTS) is 1. The molecule has 0 aromatic rings. The molecular weight excluding hydrogens is 242 g/mol. The van der Waals surface area contributed by atoms with Gasteiger partial charge in [-0.1, -0.05) is 0 Å². The summed E-state index contributed by atoms with van der Waals surface area (Å²) in [4.78, 5) is 9.61. The number of allylic oxidation sites excluding steroid dienone is 1. The van der Waals surface area contributed by atoms with Crippen LogP contribution in [-0.4, -0.2) is 40.0 Å². The van der Waals surface area contributed by atoms with Crippen molar-refractivity contribution in [2.75, 3.05) is 0 Å². The summed E-state index contributed by atoms with van der Waals surface area (Å²) in [5, 5.41) is 27.3. The molecule has 8 nitrogen and oxygen atoms in total. The molecule has 6 N–H and O–H groups in total. The lowest BCUT2D eigenvalue weighted by Crippen LogP contribution is -2.46. The van der Waals surface area contributed by atoms with Crippen molar-refractivity contribution < 1.29 is 33.1 Å². The van der Waals surface area contributed by atoms with Gasteiger partial charge >= 0.3 is 5.97 Å². The highest BCUT2D eigenvalue weighted by atomic mass is 32.2. The molecule has 0 amide bonds. The Hall–Kier alpha value is -1.42. The van der Waals surface area contributed by atoms with Crippen LogP contribution in [0.2, 0.25) is 0 Å². The summed E-state index contributed by atoms with van der Waals surface area (Å²) < 4.78 is 30.6. The SMILES string of the molecule is NC1=C(S(=O)(=O)O)C(C(=O)O)C(O)(O)C=C1. The minimum absolute atomic E-state index is 0.561. The monoisotopic (exact) mass is 251 g/mol. The van der Waals surface area contributed by atoms with Gasteiger partial charge in [-0.05, 0) is 12.2 Å². The second kappa shape index (κ2) is 3.56. The Morgan fingerprint density at radius 2 is 1.94 bits per heavy atom. The zero-order valence-corrected chi connectivity index (χ0v) is 8.55. The molecule has 0 aromatic heterocycles. The zero-order valence-electron chi connectivity index (χ0n) is 7.73. The molecule has 0 saturated heterocycles. The minimum Gasteiger partial charge on any atom is -0.481 e. The first kappa shape index (κ1) is 12.6. The molecule has 0 saturated carbocycles. The van der Waals surface area contributed by atoms with E-state index in [0.717, 1.165) is 6.08 Å². The van der Waals surface area contributed by atoms with Gasteiger partial charge in [-0.3, -0.25) is 9.35 Å². The molecule has 1 aliphatic carbocycles. The van der Waals surface area contributed by atoms with E-state index in [0.29, 0.717) is 6.08 Å². The lowest BCUT2D eigenvalue weighted by molar-refractivity contribution is -0.177. The van der Waals surface area contributed by atoms with Crippen LogP contribution in [-0.2, 0) is 14.9 Å². The van der Waals surface area contributed by atoms with Crippen molar-refractivity contribution >= 4 is 16.1 Å². The largest absolute Gasteiger partial charge is 0.481 e. The highest BCUT2D eigenvalue weighted by Gasteiger charge is 2.48. The number of aliphatic carboxylic acids is 1. The van der Waals surface area contributed by atoms with Crippen LogP contribution < -0.4 is 5.73 Å². The predicted octanol–water partition coefficient (Wildman–Crippen LogP) is -2.00. The van der Waals surface area contributed by atoms with Crippen LogP contribution in [0.15, 0.2) is 22.8 Å². The molecule has 0 aliphatic heterocycles. The van der Waals surface area contributed by atoms with Gasteiger partial charge in [0.15, 0.2) is 5.92 Å². The number of rotatable bonds is 2. The van der Waals surface area contributed by atoms with Gasteiger partial charge in [0.2, 0.25) is 5.79 Å². The number of hydrogen-bond donors (Lipinski definition) is 5. The molecule has 0 aromatic carbocycles. The van der Waals surface area contributed by atoms with E-state index in [2.05, 4.69) is 0 Å². The van der Waals surface area contributed by atoms with Crippen LogP contribution in [0.3, 0.4) is 0 Å². The van der Waals surface area contributed by atoms with Gasteiger partial charge in [0.1, 0.15) is 4.91 Å². The fraction of sp³-hybridized carbons (Fsp3) is 0.286. The summed E-state index contributed by atoms with van der Waals surface area (Å²) in [6.07, 6.45) is 1.42. The Kier molecular flexibility index (Phi) is 2.81. The Morgan fingerprint density at radius 3 is 2.25 bits per heavy atom. The molecule has 0 bridgehead atoms. The van der Waals surface area contributed by atoms with E-state index in [-0.39, 0.29) is 0 Å². The number of carbonyl (C=O) groups is 1. The Balaban J connectivity index is 3.50. The molecule has 1 atom stereocenters. The lowest BCUT2D eigenvalue weighted by Gasteiger charge is -2.29. The average Bonchev–Trinajstić information content (AvgIpc) is 2.05. The molecule has 0 radical (unpaired) electrons. The maximum absolute atomic E-state index is 10.9. The number of carboxylic acids is 1. The van der Waals surface area contributed by atoms with Crippen LogP contribution in [0, 0.1) is 5.92 Å².